The van der Waals surface area contributed by atoms with Crippen LogP contribution in [0.25, 0.3) is 0 Å². The highest BCUT2D eigenvalue weighted by molar-refractivity contribution is 9.10. The molecule has 20 heavy (non-hydrogen) atoms. The van der Waals surface area contributed by atoms with E-state index in [2.05, 4.69) is 34.1 Å². The maximum atomic E-state index is 12.4. The molecule has 0 atom stereocenters. The van der Waals surface area contributed by atoms with Crippen LogP contribution < -0.4 is 0 Å². The van der Waals surface area contributed by atoms with Crippen LogP contribution in [-0.4, -0.2) is 5.78 Å². The van der Waals surface area contributed by atoms with Gasteiger partial charge in [0.2, 0.25) is 0 Å². The Hall–Kier alpha value is -1.41. The number of rotatable bonds is 3. The van der Waals surface area contributed by atoms with E-state index in [1.165, 1.54) is 24.0 Å². The van der Waals surface area contributed by atoms with Gasteiger partial charge in [-0.3, -0.25) is 4.79 Å². The van der Waals surface area contributed by atoms with Crippen molar-refractivity contribution in [2.45, 2.75) is 32.6 Å². The molecule has 0 N–H and O–H groups in total. The predicted octanol–water partition coefficient (Wildman–Crippen LogP) is 4.67. The molecule has 2 heteroatoms. The molecule has 1 aliphatic carbocycles. The predicted molar refractivity (Wildman–Crippen MR) is 85.4 cm³/mol. The van der Waals surface area contributed by atoms with Gasteiger partial charge in [-0.2, -0.15) is 0 Å². The Kier molecular flexibility index (Phi) is 3.75. The van der Waals surface area contributed by atoms with Crippen LogP contribution >= 0.6 is 15.9 Å². The molecule has 0 aliphatic heterocycles. The molecule has 2 aromatic rings. The Morgan fingerprint density at radius 3 is 2.70 bits per heavy atom. The lowest BCUT2D eigenvalue weighted by Gasteiger charge is -2.06. The van der Waals surface area contributed by atoms with Crippen LogP contribution in [-0.2, 0) is 19.3 Å². The molecule has 0 heterocycles. The number of hydrogen-bond acceptors (Lipinski definition) is 1. The molecule has 1 nitrogen and oxygen atoms in total. The smallest absolute Gasteiger partial charge is 0.167 e. The molecule has 0 spiro atoms. The van der Waals surface area contributed by atoms with Crippen LogP contribution in [0.4, 0.5) is 0 Å². The van der Waals surface area contributed by atoms with Gasteiger partial charge in [0.15, 0.2) is 5.78 Å². The molecular weight excluding hydrogens is 312 g/mol. The second-order valence-electron chi connectivity index (χ2n) is 5.52. The summed E-state index contributed by atoms with van der Waals surface area (Å²) in [6.07, 6.45) is 4.09. The van der Waals surface area contributed by atoms with Crippen molar-refractivity contribution in [1.29, 1.82) is 0 Å². The van der Waals surface area contributed by atoms with E-state index >= 15 is 0 Å². The van der Waals surface area contributed by atoms with Gasteiger partial charge in [0.25, 0.3) is 0 Å². The third-order valence-corrected chi connectivity index (χ3v) is 4.90. The van der Waals surface area contributed by atoms with Crippen LogP contribution in [0.2, 0.25) is 0 Å². The van der Waals surface area contributed by atoms with Crippen molar-refractivity contribution in [3.05, 3.63) is 68.7 Å². The molecule has 2 aromatic carbocycles. The molecule has 102 valence electrons. The van der Waals surface area contributed by atoms with E-state index in [0.29, 0.717) is 6.42 Å². The van der Waals surface area contributed by atoms with Gasteiger partial charge in [0, 0.05) is 16.5 Å². The lowest BCUT2D eigenvalue weighted by molar-refractivity contribution is 0.0993. The molecule has 0 saturated carbocycles. The highest BCUT2D eigenvalue weighted by atomic mass is 79.9. The summed E-state index contributed by atoms with van der Waals surface area (Å²) in [4.78, 5) is 12.4. The van der Waals surface area contributed by atoms with Gasteiger partial charge in [0.05, 0.1) is 0 Å². The zero-order chi connectivity index (χ0) is 14.1. The molecule has 0 amide bonds. The van der Waals surface area contributed by atoms with E-state index in [1.807, 2.05) is 25.1 Å². The van der Waals surface area contributed by atoms with E-state index in [9.17, 15) is 4.79 Å². The molecule has 1 aliphatic rings. The number of carbonyl (C=O) groups excluding carboxylic acids is 1. The number of benzene rings is 2. The average Bonchev–Trinajstić information content (AvgIpc) is 2.89. The summed E-state index contributed by atoms with van der Waals surface area (Å²) >= 11 is 3.47. The fraction of sp³-hybridized carbons (Fsp3) is 0.278. The Bertz CT molecular complexity index is 673. The minimum atomic E-state index is 0.193. The highest BCUT2D eigenvalue weighted by Gasteiger charge is 2.13. The average molecular weight is 329 g/mol. The fourth-order valence-electron chi connectivity index (χ4n) is 2.84. The second-order valence-corrected chi connectivity index (χ2v) is 6.37. The van der Waals surface area contributed by atoms with E-state index < -0.39 is 0 Å². The Balaban J connectivity index is 1.80. The van der Waals surface area contributed by atoms with Crippen molar-refractivity contribution in [2.24, 2.45) is 0 Å². The Labute approximate surface area is 128 Å². The van der Waals surface area contributed by atoms with Gasteiger partial charge in [0.1, 0.15) is 0 Å². The Morgan fingerprint density at radius 2 is 1.90 bits per heavy atom. The highest BCUT2D eigenvalue weighted by Crippen LogP contribution is 2.24. The van der Waals surface area contributed by atoms with E-state index in [4.69, 9.17) is 0 Å². The first-order valence-corrected chi connectivity index (χ1v) is 7.83. The molecule has 0 saturated heterocycles. The van der Waals surface area contributed by atoms with Crippen molar-refractivity contribution in [2.75, 3.05) is 0 Å². The maximum absolute atomic E-state index is 12.4. The zero-order valence-electron chi connectivity index (χ0n) is 11.6. The largest absolute Gasteiger partial charge is 0.294 e. The van der Waals surface area contributed by atoms with Crippen LogP contribution in [0.1, 0.15) is 39.0 Å². The normalized spacial score (nSPS) is 13.3. The van der Waals surface area contributed by atoms with Gasteiger partial charge < -0.3 is 0 Å². The van der Waals surface area contributed by atoms with Gasteiger partial charge in [-0.1, -0.05) is 40.2 Å². The van der Waals surface area contributed by atoms with Crippen molar-refractivity contribution >= 4 is 21.7 Å². The summed E-state index contributed by atoms with van der Waals surface area (Å²) in [6.45, 7) is 2.01. The quantitative estimate of drug-likeness (QED) is 0.748. The number of fused-ring (bicyclic) bond motifs is 1. The van der Waals surface area contributed by atoms with Crippen LogP contribution in [0.5, 0.6) is 0 Å². The first-order valence-electron chi connectivity index (χ1n) is 7.03. The summed E-state index contributed by atoms with van der Waals surface area (Å²) in [5.74, 6) is 0.193. The third-order valence-electron chi connectivity index (χ3n) is 4.01. The lowest BCUT2D eigenvalue weighted by Crippen LogP contribution is -2.04. The molecule has 0 aromatic heterocycles. The molecule has 3 rings (SSSR count). The zero-order valence-corrected chi connectivity index (χ0v) is 13.2. The van der Waals surface area contributed by atoms with Crippen molar-refractivity contribution in [1.82, 2.24) is 0 Å². The summed E-state index contributed by atoms with van der Waals surface area (Å²) in [5, 5.41) is 0. The third kappa shape index (κ3) is 2.71. The molecule has 0 bridgehead atoms. The molecule has 0 unspecified atom stereocenters. The maximum Gasteiger partial charge on any atom is 0.167 e. The Morgan fingerprint density at radius 1 is 1.10 bits per heavy atom. The van der Waals surface area contributed by atoms with E-state index in [1.54, 1.807) is 0 Å². The lowest BCUT2D eigenvalue weighted by atomic mass is 9.99. The van der Waals surface area contributed by atoms with Gasteiger partial charge >= 0.3 is 0 Å². The van der Waals surface area contributed by atoms with Crippen molar-refractivity contribution < 1.29 is 4.79 Å². The van der Waals surface area contributed by atoms with Gasteiger partial charge in [-0.05, 0) is 60.6 Å². The number of hydrogen-bond donors (Lipinski definition) is 0. The first kappa shape index (κ1) is 13.6. The summed E-state index contributed by atoms with van der Waals surface area (Å²) in [5.41, 5.74) is 5.93. The number of ketones is 1. The van der Waals surface area contributed by atoms with Crippen LogP contribution in [0.3, 0.4) is 0 Å². The van der Waals surface area contributed by atoms with E-state index in [-0.39, 0.29) is 5.78 Å². The first-order chi connectivity index (χ1) is 9.63. The summed E-state index contributed by atoms with van der Waals surface area (Å²) in [7, 11) is 0. The number of carbonyl (C=O) groups is 1. The summed E-state index contributed by atoms with van der Waals surface area (Å²) < 4.78 is 1.05. The SMILES string of the molecule is Cc1cc(C(=O)Cc2ccc3c(c2)CCC3)ccc1Br. The number of Topliss-reactive ketones (excluding diaryl/α,β-unsaturated/α-hetero) is 1. The molecular formula is C18H17BrO. The molecule has 0 fully saturated rings. The topological polar surface area (TPSA) is 17.1 Å². The standard InChI is InChI=1S/C18H17BrO/c1-12-9-16(7-8-17(12)19)18(20)11-13-5-6-14-3-2-4-15(14)10-13/h5-10H,2-4,11H2,1H3. The van der Waals surface area contributed by atoms with E-state index in [0.717, 1.165) is 27.6 Å². The van der Waals surface area contributed by atoms with Crippen molar-refractivity contribution in [3.63, 3.8) is 0 Å². The minimum absolute atomic E-state index is 0.193. The second kappa shape index (κ2) is 5.53. The monoisotopic (exact) mass is 328 g/mol. The van der Waals surface area contributed by atoms with Gasteiger partial charge in [-0.15, -0.1) is 0 Å². The molecule has 0 radical (unpaired) electrons. The van der Waals surface area contributed by atoms with Crippen LogP contribution in [0, 0.1) is 6.92 Å². The van der Waals surface area contributed by atoms with Gasteiger partial charge in [-0.25, -0.2) is 0 Å². The summed E-state index contributed by atoms with van der Waals surface area (Å²) in [6, 6.07) is 12.3. The number of aryl methyl sites for hydroxylation is 3. The number of halogens is 1. The van der Waals surface area contributed by atoms with Crippen LogP contribution in [0.15, 0.2) is 40.9 Å². The fourth-order valence-corrected chi connectivity index (χ4v) is 3.09. The minimum Gasteiger partial charge on any atom is -0.294 e. The van der Waals surface area contributed by atoms with Crippen molar-refractivity contribution in [3.8, 4) is 0 Å².